The lowest BCUT2D eigenvalue weighted by Crippen LogP contribution is -2.43. The van der Waals surface area contributed by atoms with E-state index < -0.39 is 0 Å². The summed E-state index contributed by atoms with van der Waals surface area (Å²) < 4.78 is 10.8. The van der Waals surface area contributed by atoms with Crippen molar-refractivity contribution < 1.29 is 13.9 Å². The Bertz CT molecular complexity index is 690. The van der Waals surface area contributed by atoms with Gasteiger partial charge in [-0.2, -0.15) is 0 Å². The zero-order valence-corrected chi connectivity index (χ0v) is 13.4. The smallest absolute Gasteiger partial charge is 0.226 e. The van der Waals surface area contributed by atoms with Crippen LogP contribution in [0.4, 0.5) is 5.69 Å². The lowest BCUT2D eigenvalue weighted by molar-refractivity contribution is -0.117. The number of amides is 1. The topological polar surface area (TPSA) is 76.4 Å². The van der Waals surface area contributed by atoms with Gasteiger partial charge in [-0.15, -0.1) is 0 Å². The van der Waals surface area contributed by atoms with Gasteiger partial charge in [0.15, 0.2) is 0 Å². The Balaban J connectivity index is 1.70. The van der Waals surface area contributed by atoms with Gasteiger partial charge >= 0.3 is 0 Å². The minimum atomic E-state index is -0.0307. The normalized spacial score (nSPS) is 17.9. The number of anilines is 1. The molecule has 1 aromatic heterocycles. The Morgan fingerprint density at radius 3 is 3.00 bits per heavy atom. The fourth-order valence-corrected chi connectivity index (χ4v) is 2.55. The maximum atomic E-state index is 12.2. The second-order valence-corrected chi connectivity index (χ2v) is 5.80. The standard InChI is InChI=1S/C17H21N3O3/c1-11-3-4-13(17-19-12(2)9-23-17)7-15(11)20-16(21)8-14-10-22-6-5-18-14/h3-4,7,9,14,18H,5-6,8,10H2,1-2H3,(H,20,21). The van der Waals surface area contributed by atoms with Crippen molar-refractivity contribution in [3.05, 3.63) is 35.7 Å². The molecule has 3 rings (SSSR count). The van der Waals surface area contributed by atoms with Crippen molar-refractivity contribution in [1.29, 1.82) is 0 Å². The number of nitrogens with one attached hydrogen (secondary N) is 2. The summed E-state index contributed by atoms with van der Waals surface area (Å²) in [5.74, 6) is 0.525. The molecular formula is C17H21N3O3. The van der Waals surface area contributed by atoms with Gasteiger partial charge in [-0.1, -0.05) is 6.07 Å². The number of benzene rings is 1. The van der Waals surface area contributed by atoms with Gasteiger partial charge in [0.2, 0.25) is 11.8 Å². The quantitative estimate of drug-likeness (QED) is 0.905. The third-order valence-electron chi connectivity index (χ3n) is 3.81. The van der Waals surface area contributed by atoms with Crippen molar-refractivity contribution in [2.45, 2.75) is 26.3 Å². The van der Waals surface area contributed by atoms with Gasteiger partial charge < -0.3 is 19.8 Å². The van der Waals surface area contributed by atoms with Gasteiger partial charge in [-0.3, -0.25) is 4.79 Å². The number of nitrogens with zero attached hydrogens (tertiary/aromatic N) is 1. The van der Waals surface area contributed by atoms with E-state index >= 15 is 0 Å². The molecule has 6 heteroatoms. The number of hydrogen-bond donors (Lipinski definition) is 2. The van der Waals surface area contributed by atoms with E-state index in [0.29, 0.717) is 25.5 Å². The number of aryl methyl sites for hydroxylation is 2. The number of carbonyl (C=O) groups is 1. The second-order valence-electron chi connectivity index (χ2n) is 5.80. The molecule has 0 bridgehead atoms. The number of morpholine rings is 1. The molecule has 0 aliphatic carbocycles. The minimum Gasteiger partial charge on any atom is -0.444 e. The molecule has 122 valence electrons. The fraction of sp³-hybridized carbons (Fsp3) is 0.412. The summed E-state index contributed by atoms with van der Waals surface area (Å²) in [6.45, 7) is 5.90. The van der Waals surface area contributed by atoms with Crippen LogP contribution in [0.1, 0.15) is 17.7 Å². The van der Waals surface area contributed by atoms with Crippen LogP contribution in [0.3, 0.4) is 0 Å². The summed E-state index contributed by atoms with van der Waals surface area (Å²) in [6, 6.07) is 5.85. The van der Waals surface area contributed by atoms with Crippen LogP contribution in [-0.4, -0.2) is 36.7 Å². The zero-order chi connectivity index (χ0) is 16.2. The molecule has 1 fully saturated rings. The van der Waals surface area contributed by atoms with Crippen LogP contribution >= 0.6 is 0 Å². The van der Waals surface area contributed by atoms with Crippen LogP contribution in [0.5, 0.6) is 0 Å². The molecule has 1 aliphatic rings. The Kier molecular flexibility index (Phi) is 4.73. The van der Waals surface area contributed by atoms with Gasteiger partial charge in [0, 0.05) is 30.3 Å². The Labute approximate surface area is 135 Å². The average Bonchev–Trinajstić information content (AvgIpc) is 2.97. The Morgan fingerprint density at radius 1 is 1.43 bits per heavy atom. The van der Waals surface area contributed by atoms with Crippen molar-refractivity contribution >= 4 is 11.6 Å². The summed E-state index contributed by atoms with van der Waals surface area (Å²) in [5.41, 5.74) is 3.45. The van der Waals surface area contributed by atoms with E-state index in [9.17, 15) is 4.79 Å². The molecule has 0 spiro atoms. The van der Waals surface area contributed by atoms with Crippen molar-refractivity contribution in [3.8, 4) is 11.5 Å². The van der Waals surface area contributed by atoms with Crippen LogP contribution in [0.25, 0.3) is 11.5 Å². The first-order valence-corrected chi connectivity index (χ1v) is 7.76. The predicted molar refractivity (Wildman–Crippen MR) is 87.3 cm³/mol. The van der Waals surface area contributed by atoms with E-state index in [4.69, 9.17) is 9.15 Å². The van der Waals surface area contributed by atoms with Gasteiger partial charge in [0.05, 0.1) is 18.9 Å². The molecule has 2 N–H and O–H groups in total. The molecule has 23 heavy (non-hydrogen) atoms. The summed E-state index contributed by atoms with van der Waals surface area (Å²) in [6.07, 6.45) is 2.00. The molecular weight excluding hydrogens is 294 g/mol. The molecule has 1 saturated heterocycles. The van der Waals surface area contributed by atoms with Crippen molar-refractivity contribution in [3.63, 3.8) is 0 Å². The third-order valence-corrected chi connectivity index (χ3v) is 3.81. The molecule has 1 atom stereocenters. The maximum Gasteiger partial charge on any atom is 0.226 e. The lowest BCUT2D eigenvalue weighted by Gasteiger charge is -2.23. The molecule has 0 saturated carbocycles. The zero-order valence-electron chi connectivity index (χ0n) is 13.4. The summed E-state index contributed by atoms with van der Waals surface area (Å²) in [5, 5.41) is 6.25. The van der Waals surface area contributed by atoms with Crippen molar-refractivity contribution in [2.75, 3.05) is 25.1 Å². The van der Waals surface area contributed by atoms with Crippen LogP contribution in [-0.2, 0) is 9.53 Å². The molecule has 1 aromatic carbocycles. The maximum absolute atomic E-state index is 12.2. The summed E-state index contributed by atoms with van der Waals surface area (Å²) in [4.78, 5) is 16.6. The molecule has 6 nitrogen and oxygen atoms in total. The third kappa shape index (κ3) is 3.97. The molecule has 1 aliphatic heterocycles. The van der Waals surface area contributed by atoms with Crippen molar-refractivity contribution in [1.82, 2.24) is 10.3 Å². The van der Waals surface area contributed by atoms with E-state index in [1.54, 1.807) is 6.26 Å². The SMILES string of the molecule is Cc1coc(-c2ccc(C)c(NC(=O)CC3COCCN3)c2)n1. The highest BCUT2D eigenvalue weighted by Crippen LogP contribution is 2.25. The van der Waals surface area contributed by atoms with E-state index in [1.807, 2.05) is 32.0 Å². The van der Waals surface area contributed by atoms with Crippen LogP contribution in [0.15, 0.2) is 28.9 Å². The average molecular weight is 315 g/mol. The van der Waals surface area contributed by atoms with E-state index in [0.717, 1.165) is 29.1 Å². The number of rotatable bonds is 4. The van der Waals surface area contributed by atoms with Gasteiger partial charge in [0.1, 0.15) is 6.26 Å². The van der Waals surface area contributed by atoms with Crippen LogP contribution in [0, 0.1) is 13.8 Å². The largest absolute Gasteiger partial charge is 0.444 e. The molecule has 2 aromatic rings. The summed E-state index contributed by atoms with van der Waals surface area (Å²) >= 11 is 0. The molecule has 1 unspecified atom stereocenters. The second kappa shape index (κ2) is 6.93. The first kappa shape index (κ1) is 15.7. The first-order valence-electron chi connectivity index (χ1n) is 7.76. The minimum absolute atomic E-state index is 0.0307. The molecule has 2 heterocycles. The fourth-order valence-electron chi connectivity index (χ4n) is 2.55. The Hall–Kier alpha value is -2.18. The van der Waals surface area contributed by atoms with E-state index in [2.05, 4.69) is 15.6 Å². The van der Waals surface area contributed by atoms with Crippen LogP contribution in [0.2, 0.25) is 0 Å². The van der Waals surface area contributed by atoms with Gasteiger partial charge in [-0.25, -0.2) is 4.98 Å². The number of hydrogen-bond acceptors (Lipinski definition) is 5. The highest BCUT2D eigenvalue weighted by Gasteiger charge is 2.17. The van der Waals surface area contributed by atoms with Gasteiger partial charge in [-0.05, 0) is 31.5 Å². The van der Waals surface area contributed by atoms with Crippen molar-refractivity contribution in [2.24, 2.45) is 0 Å². The van der Waals surface area contributed by atoms with Gasteiger partial charge in [0.25, 0.3) is 0 Å². The number of aromatic nitrogens is 1. The highest BCUT2D eigenvalue weighted by atomic mass is 16.5. The lowest BCUT2D eigenvalue weighted by atomic mass is 10.1. The number of carbonyl (C=O) groups excluding carboxylic acids is 1. The van der Waals surface area contributed by atoms with Crippen LogP contribution < -0.4 is 10.6 Å². The van der Waals surface area contributed by atoms with E-state index in [-0.39, 0.29) is 11.9 Å². The molecule has 0 radical (unpaired) electrons. The van der Waals surface area contributed by atoms with E-state index in [1.165, 1.54) is 0 Å². The Morgan fingerprint density at radius 2 is 2.30 bits per heavy atom. The predicted octanol–water partition coefficient (Wildman–Crippen LogP) is 2.28. The highest BCUT2D eigenvalue weighted by molar-refractivity contribution is 5.92. The number of oxazole rings is 1. The summed E-state index contributed by atoms with van der Waals surface area (Å²) in [7, 11) is 0. The first-order chi connectivity index (χ1) is 11.1. The monoisotopic (exact) mass is 315 g/mol. The number of ether oxygens (including phenoxy) is 1. The molecule has 1 amide bonds.